The Morgan fingerprint density at radius 1 is 1.58 bits per heavy atom. The lowest BCUT2D eigenvalue weighted by Crippen LogP contribution is -2.53. The van der Waals surface area contributed by atoms with E-state index in [2.05, 4.69) is 7.11 Å². The number of aliphatic hydroxyl groups is 1. The fourth-order valence-electron chi connectivity index (χ4n) is 2.08. The Morgan fingerprint density at radius 3 is 2.89 bits per heavy atom. The molecule has 1 aromatic rings. The Balaban J connectivity index is 2.23. The summed E-state index contributed by atoms with van der Waals surface area (Å²) in [5, 5.41) is 10.7. The molecule has 2 rings (SSSR count). The highest BCUT2D eigenvalue weighted by Crippen LogP contribution is 2.35. The number of aldehydes is 1. The van der Waals surface area contributed by atoms with Gasteiger partial charge in [-0.25, -0.2) is 0 Å². The number of hydroxylamine groups is 2. The zero-order valence-electron chi connectivity index (χ0n) is 10.5. The van der Waals surface area contributed by atoms with E-state index >= 15 is 0 Å². The number of nitrogens with zero attached hydrogens (tertiary/aromatic N) is 1. The fraction of sp³-hybridized carbons (Fsp3) is 0.385. The second-order valence-corrected chi connectivity index (χ2v) is 5.02. The molecule has 1 aliphatic rings. The van der Waals surface area contributed by atoms with Gasteiger partial charge >= 0.3 is 0 Å². The highest BCUT2D eigenvalue weighted by molar-refractivity contribution is 6.22. The third-order valence-corrected chi connectivity index (χ3v) is 3.61. The van der Waals surface area contributed by atoms with Crippen LogP contribution in [0, 0.1) is 7.11 Å². The van der Waals surface area contributed by atoms with Gasteiger partial charge in [0, 0.05) is 12.1 Å². The lowest BCUT2D eigenvalue weighted by Gasteiger charge is -2.31. The zero-order chi connectivity index (χ0) is 14.0. The van der Waals surface area contributed by atoms with Crippen molar-refractivity contribution in [2.75, 3.05) is 0 Å². The van der Waals surface area contributed by atoms with E-state index in [-0.39, 0.29) is 6.04 Å². The van der Waals surface area contributed by atoms with Gasteiger partial charge < -0.3 is 14.7 Å². The maximum atomic E-state index is 11.1. The van der Waals surface area contributed by atoms with Gasteiger partial charge in [0.15, 0.2) is 12.0 Å². The van der Waals surface area contributed by atoms with Crippen molar-refractivity contribution in [2.45, 2.75) is 30.5 Å². The topological polar surface area (TPSA) is 59.0 Å². The van der Waals surface area contributed by atoms with Gasteiger partial charge in [0.1, 0.15) is 12.9 Å². The molecule has 1 saturated heterocycles. The normalized spacial score (nSPS) is 31.2. The van der Waals surface area contributed by atoms with E-state index in [1.54, 1.807) is 24.3 Å². The van der Waals surface area contributed by atoms with Gasteiger partial charge in [-0.3, -0.25) is 4.79 Å². The van der Waals surface area contributed by atoms with E-state index < -0.39 is 11.1 Å². The molecule has 3 atom stereocenters. The molecule has 103 valence electrons. The van der Waals surface area contributed by atoms with Crippen LogP contribution in [-0.4, -0.2) is 33.6 Å². The van der Waals surface area contributed by atoms with Crippen LogP contribution in [-0.2, 0) is 4.79 Å². The zero-order valence-corrected chi connectivity index (χ0v) is 11.2. The van der Waals surface area contributed by atoms with Crippen LogP contribution in [0.5, 0.6) is 11.5 Å². The fourth-order valence-corrected chi connectivity index (χ4v) is 2.49. The van der Waals surface area contributed by atoms with E-state index in [0.29, 0.717) is 24.2 Å². The van der Waals surface area contributed by atoms with Crippen LogP contribution < -0.4 is 9.57 Å². The minimum absolute atomic E-state index is 0.193. The molecule has 1 aromatic carbocycles. The number of benzene rings is 1. The summed E-state index contributed by atoms with van der Waals surface area (Å²) in [7, 11) is 3.30. The number of rotatable bonds is 4. The molecule has 1 radical (unpaired) electrons. The average molecular weight is 285 g/mol. The molecular weight excluding hydrogens is 270 g/mol. The molecule has 0 saturated carbocycles. The van der Waals surface area contributed by atoms with Crippen LogP contribution in [0.25, 0.3) is 0 Å². The monoisotopic (exact) mass is 284 g/mol. The molecular formula is C13H15ClNO4. The minimum atomic E-state index is -1.83. The molecule has 0 aliphatic carbocycles. The van der Waals surface area contributed by atoms with Crippen molar-refractivity contribution in [3.8, 4) is 11.5 Å². The number of hydrogen-bond acceptors (Lipinski definition) is 5. The summed E-state index contributed by atoms with van der Waals surface area (Å²) in [6, 6.07) is 6.52. The molecule has 0 amide bonds. The van der Waals surface area contributed by atoms with E-state index in [0.717, 1.165) is 0 Å². The predicted molar refractivity (Wildman–Crippen MR) is 69.6 cm³/mol. The molecule has 19 heavy (non-hydrogen) atoms. The Morgan fingerprint density at radius 2 is 2.26 bits per heavy atom. The molecule has 3 unspecified atom stereocenters. The average Bonchev–Trinajstić information content (AvgIpc) is 2.63. The second-order valence-electron chi connectivity index (χ2n) is 4.49. The summed E-state index contributed by atoms with van der Waals surface area (Å²) < 4.78 is 4.84. The SMILES string of the molecule is [CH2]Oc1cccc(ON2C(C)CC(Cl)C2(O)C=O)c1. The first kappa shape index (κ1) is 14.1. The summed E-state index contributed by atoms with van der Waals surface area (Å²) in [6.07, 6.45) is 0.845. The molecule has 1 heterocycles. The summed E-state index contributed by atoms with van der Waals surface area (Å²) in [5.41, 5.74) is -1.83. The summed E-state index contributed by atoms with van der Waals surface area (Å²) in [5.74, 6) is 0.945. The number of carbonyl (C=O) groups is 1. The highest BCUT2D eigenvalue weighted by atomic mass is 35.5. The Labute approximate surface area is 116 Å². The first-order valence-electron chi connectivity index (χ1n) is 5.83. The molecule has 0 bridgehead atoms. The number of carbonyl (C=O) groups excluding carboxylic acids is 1. The van der Waals surface area contributed by atoms with Crippen molar-refractivity contribution in [3.05, 3.63) is 31.4 Å². The molecule has 0 aromatic heterocycles. The maximum Gasteiger partial charge on any atom is 0.223 e. The van der Waals surface area contributed by atoms with Crippen molar-refractivity contribution in [1.29, 1.82) is 0 Å². The standard InChI is InChI=1S/C13H15ClNO4/c1-9-6-12(14)13(17,8-16)15(9)19-11-5-3-4-10(7-11)18-2/h3-5,7-9,12,17H,2,6H2,1H3. The van der Waals surface area contributed by atoms with E-state index in [1.165, 1.54) is 5.06 Å². The minimum Gasteiger partial charge on any atom is -0.490 e. The van der Waals surface area contributed by atoms with Crippen LogP contribution in [0.3, 0.4) is 0 Å². The van der Waals surface area contributed by atoms with Crippen LogP contribution in [0.1, 0.15) is 13.3 Å². The molecule has 5 nitrogen and oxygen atoms in total. The summed E-state index contributed by atoms with van der Waals surface area (Å²) in [6.45, 7) is 1.82. The molecule has 1 N–H and O–H groups in total. The van der Waals surface area contributed by atoms with Crippen LogP contribution >= 0.6 is 11.6 Å². The number of ether oxygens (including phenoxy) is 1. The van der Waals surface area contributed by atoms with Crippen LogP contribution in [0.15, 0.2) is 24.3 Å². The lowest BCUT2D eigenvalue weighted by atomic mass is 10.2. The van der Waals surface area contributed by atoms with Crippen molar-refractivity contribution >= 4 is 17.9 Å². The summed E-state index contributed by atoms with van der Waals surface area (Å²) >= 11 is 6.00. The smallest absolute Gasteiger partial charge is 0.223 e. The van der Waals surface area contributed by atoms with Gasteiger partial charge in [0.05, 0.1) is 5.38 Å². The van der Waals surface area contributed by atoms with E-state index in [4.69, 9.17) is 21.2 Å². The Kier molecular flexibility index (Phi) is 3.99. The molecule has 1 fully saturated rings. The second kappa shape index (κ2) is 5.36. The van der Waals surface area contributed by atoms with Crippen molar-refractivity contribution < 1.29 is 19.5 Å². The van der Waals surface area contributed by atoms with Gasteiger partial charge in [-0.15, -0.1) is 16.7 Å². The largest absolute Gasteiger partial charge is 0.490 e. The van der Waals surface area contributed by atoms with Gasteiger partial charge in [0.25, 0.3) is 0 Å². The van der Waals surface area contributed by atoms with Crippen molar-refractivity contribution in [1.82, 2.24) is 5.06 Å². The first-order chi connectivity index (χ1) is 9.01. The van der Waals surface area contributed by atoms with E-state index in [9.17, 15) is 9.90 Å². The van der Waals surface area contributed by atoms with E-state index in [1.807, 2.05) is 6.92 Å². The van der Waals surface area contributed by atoms with Crippen LogP contribution in [0.2, 0.25) is 0 Å². The summed E-state index contributed by atoms with van der Waals surface area (Å²) in [4.78, 5) is 16.7. The van der Waals surface area contributed by atoms with Gasteiger partial charge in [-0.2, -0.15) is 0 Å². The van der Waals surface area contributed by atoms with Gasteiger partial charge in [-0.05, 0) is 25.5 Å². The third kappa shape index (κ3) is 2.54. The van der Waals surface area contributed by atoms with Crippen LogP contribution in [0.4, 0.5) is 0 Å². The predicted octanol–water partition coefficient (Wildman–Crippen LogP) is 1.74. The Hall–Kier alpha value is -1.30. The lowest BCUT2D eigenvalue weighted by molar-refractivity contribution is -0.217. The first-order valence-corrected chi connectivity index (χ1v) is 6.27. The van der Waals surface area contributed by atoms with Gasteiger partial charge in [0.2, 0.25) is 5.72 Å². The number of hydrogen-bond donors (Lipinski definition) is 1. The Bertz CT molecular complexity index is 470. The third-order valence-electron chi connectivity index (χ3n) is 3.11. The molecule has 0 spiro atoms. The maximum absolute atomic E-state index is 11.1. The molecule has 1 aliphatic heterocycles. The van der Waals surface area contributed by atoms with Crippen molar-refractivity contribution in [2.24, 2.45) is 0 Å². The number of alkyl halides is 1. The van der Waals surface area contributed by atoms with Crippen molar-refractivity contribution in [3.63, 3.8) is 0 Å². The number of halogens is 1. The van der Waals surface area contributed by atoms with Gasteiger partial charge in [-0.1, -0.05) is 6.07 Å². The quantitative estimate of drug-likeness (QED) is 0.674. The highest BCUT2D eigenvalue weighted by Gasteiger charge is 2.52. The molecule has 6 heteroatoms.